The first kappa shape index (κ1) is 19.8. The second-order valence-electron chi connectivity index (χ2n) is 6.76. The van der Waals surface area contributed by atoms with Crippen LogP contribution in [0.25, 0.3) is 0 Å². The molecule has 0 saturated carbocycles. The summed E-state index contributed by atoms with van der Waals surface area (Å²) >= 11 is 4.89. The summed E-state index contributed by atoms with van der Waals surface area (Å²) in [6.45, 7) is 0. The third-order valence-electron chi connectivity index (χ3n) is 4.86. The second kappa shape index (κ2) is 8.12. The number of halogens is 2. The molecule has 1 amide bonds. The predicted molar refractivity (Wildman–Crippen MR) is 115 cm³/mol. The number of fused-ring (bicyclic) bond motifs is 1. The van der Waals surface area contributed by atoms with Gasteiger partial charge < -0.3 is 9.88 Å². The number of amides is 1. The molecule has 1 atom stereocenters. The Kier molecular flexibility index (Phi) is 5.56. The van der Waals surface area contributed by atoms with Crippen molar-refractivity contribution in [3.8, 4) is 0 Å². The number of benzene rings is 2. The van der Waals surface area contributed by atoms with Crippen LogP contribution < -0.4 is 10.9 Å². The van der Waals surface area contributed by atoms with Gasteiger partial charge in [-0.25, -0.2) is 4.39 Å². The van der Waals surface area contributed by atoms with Crippen molar-refractivity contribution in [1.82, 2.24) is 9.55 Å². The van der Waals surface area contributed by atoms with Gasteiger partial charge in [0, 0.05) is 29.6 Å². The van der Waals surface area contributed by atoms with Crippen LogP contribution in [0.5, 0.6) is 0 Å². The maximum Gasteiger partial charge on any atom is 0.279 e. The van der Waals surface area contributed by atoms with Crippen molar-refractivity contribution in [3.05, 3.63) is 85.9 Å². The van der Waals surface area contributed by atoms with E-state index in [4.69, 9.17) is 0 Å². The summed E-state index contributed by atoms with van der Waals surface area (Å²) in [5.41, 5.74) is 1.94. The third-order valence-corrected chi connectivity index (χ3v) is 6.69. The Balaban J connectivity index is 1.72. The molecule has 0 fully saturated rings. The number of anilines is 1. The van der Waals surface area contributed by atoms with Gasteiger partial charge in [0.05, 0.1) is 5.56 Å². The lowest BCUT2D eigenvalue weighted by Crippen LogP contribution is -2.33. The maximum absolute atomic E-state index is 13.1. The summed E-state index contributed by atoms with van der Waals surface area (Å²) in [6, 6.07) is 13.8. The maximum atomic E-state index is 13.1. The lowest BCUT2D eigenvalue weighted by atomic mass is 9.87. The molecule has 1 aliphatic rings. The molecule has 5 nitrogen and oxygen atoms in total. The molecule has 1 aliphatic heterocycles. The molecule has 3 aromatic rings. The lowest BCUT2D eigenvalue weighted by molar-refractivity contribution is -0.116. The number of hydrogen-bond donors (Lipinski definition) is 1. The van der Waals surface area contributed by atoms with E-state index in [1.807, 2.05) is 24.3 Å². The number of carbonyl (C=O) groups is 1. The molecule has 0 radical (unpaired) electrons. The van der Waals surface area contributed by atoms with Crippen molar-refractivity contribution < 1.29 is 9.18 Å². The number of rotatable bonds is 4. The zero-order chi connectivity index (χ0) is 20.5. The number of thioether (sulfide) groups is 1. The molecule has 0 saturated heterocycles. The van der Waals surface area contributed by atoms with Gasteiger partial charge in [0.15, 0.2) is 5.16 Å². The first-order valence-electron chi connectivity index (χ1n) is 8.96. The van der Waals surface area contributed by atoms with Gasteiger partial charge in [-0.3, -0.25) is 9.59 Å². The molecule has 1 unspecified atom stereocenters. The number of hydrogen-bond acceptors (Lipinski definition) is 4. The van der Waals surface area contributed by atoms with Gasteiger partial charge >= 0.3 is 0 Å². The van der Waals surface area contributed by atoms with Crippen LogP contribution in [0, 0.1) is 5.82 Å². The first-order valence-corrected chi connectivity index (χ1v) is 10.7. The topological polar surface area (TPSA) is 64.0 Å². The molecular weight excluding hydrogens is 457 g/mol. The van der Waals surface area contributed by atoms with E-state index in [9.17, 15) is 14.0 Å². The van der Waals surface area contributed by atoms with Crippen LogP contribution in [0.1, 0.15) is 29.0 Å². The highest BCUT2D eigenvalue weighted by Gasteiger charge is 2.32. The highest BCUT2D eigenvalue weighted by molar-refractivity contribution is 9.10. The van der Waals surface area contributed by atoms with Gasteiger partial charge in [0.1, 0.15) is 11.6 Å². The van der Waals surface area contributed by atoms with Crippen LogP contribution >= 0.6 is 27.7 Å². The minimum atomic E-state index is -0.364. The van der Waals surface area contributed by atoms with E-state index in [1.54, 1.807) is 23.7 Å². The summed E-state index contributed by atoms with van der Waals surface area (Å²) in [5, 5.41) is 3.33. The van der Waals surface area contributed by atoms with Gasteiger partial charge in [-0.1, -0.05) is 58.0 Å². The average Bonchev–Trinajstić information content (AvgIpc) is 2.70. The smallest absolute Gasteiger partial charge is 0.279 e. The Bertz CT molecular complexity index is 1150. The predicted octanol–water partition coefficient (Wildman–Crippen LogP) is 4.45. The summed E-state index contributed by atoms with van der Waals surface area (Å²) in [4.78, 5) is 29.6. The molecule has 2 heterocycles. The van der Waals surface area contributed by atoms with E-state index in [0.717, 1.165) is 15.6 Å². The van der Waals surface area contributed by atoms with Crippen molar-refractivity contribution in [2.45, 2.75) is 23.2 Å². The normalized spacial score (nSPS) is 15.7. The van der Waals surface area contributed by atoms with Crippen LogP contribution in [0.4, 0.5) is 10.2 Å². The van der Waals surface area contributed by atoms with E-state index >= 15 is 0 Å². The SMILES string of the molecule is Cn1c(SCc2ccc(F)cc2)nc(=O)c2c1NC(=O)CC2c1ccccc1Br. The molecule has 1 aromatic heterocycles. The monoisotopic (exact) mass is 473 g/mol. The summed E-state index contributed by atoms with van der Waals surface area (Å²) in [5.74, 6) is 0.203. The van der Waals surface area contributed by atoms with Crippen LogP contribution in [0.2, 0.25) is 0 Å². The Labute approximate surface area is 179 Å². The van der Waals surface area contributed by atoms with Crippen LogP contribution in [-0.2, 0) is 17.6 Å². The largest absolute Gasteiger partial charge is 0.312 e. The zero-order valence-corrected chi connectivity index (χ0v) is 17.9. The molecule has 4 rings (SSSR count). The fourth-order valence-corrected chi connectivity index (χ4v) is 4.90. The summed E-state index contributed by atoms with van der Waals surface area (Å²) in [6.07, 6.45) is 0.189. The molecule has 29 heavy (non-hydrogen) atoms. The molecule has 1 N–H and O–H groups in total. The fourth-order valence-electron chi connectivity index (χ4n) is 3.42. The number of nitrogens with zero attached hydrogens (tertiary/aromatic N) is 2. The van der Waals surface area contributed by atoms with E-state index < -0.39 is 0 Å². The van der Waals surface area contributed by atoms with Gasteiger partial charge in [-0.15, -0.1) is 0 Å². The van der Waals surface area contributed by atoms with Crippen molar-refractivity contribution in [2.24, 2.45) is 7.05 Å². The zero-order valence-electron chi connectivity index (χ0n) is 15.5. The second-order valence-corrected chi connectivity index (χ2v) is 8.56. The van der Waals surface area contributed by atoms with Crippen LogP contribution in [0.15, 0.2) is 63.0 Å². The Morgan fingerprint density at radius 3 is 2.66 bits per heavy atom. The number of carbonyl (C=O) groups excluding carboxylic acids is 1. The van der Waals surface area contributed by atoms with Crippen LogP contribution in [-0.4, -0.2) is 15.5 Å². The number of aromatic nitrogens is 2. The van der Waals surface area contributed by atoms with Gasteiger partial charge in [0.25, 0.3) is 5.56 Å². The molecule has 0 spiro atoms. The Morgan fingerprint density at radius 1 is 1.21 bits per heavy atom. The van der Waals surface area contributed by atoms with Crippen molar-refractivity contribution in [1.29, 1.82) is 0 Å². The molecule has 148 valence electrons. The minimum Gasteiger partial charge on any atom is -0.312 e. The molecule has 0 bridgehead atoms. The highest BCUT2D eigenvalue weighted by atomic mass is 79.9. The van der Waals surface area contributed by atoms with E-state index in [1.165, 1.54) is 23.9 Å². The molecule has 2 aromatic carbocycles. The highest BCUT2D eigenvalue weighted by Crippen LogP contribution is 2.38. The van der Waals surface area contributed by atoms with Crippen molar-refractivity contribution >= 4 is 39.4 Å². The molecular formula is C21H17BrFN3O2S. The Hall–Kier alpha value is -2.45. The fraction of sp³-hybridized carbons (Fsp3) is 0.190. The Morgan fingerprint density at radius 2 is 1.93 bits per heavy atom. The van der Waals surface area contributed by atoms with Crippen molar-refractivity contribution in [2.75, 3.05) is 5.32 Å². The first-order chi connectivity index (χ1) is 13.9. The standard InChI is InChI=1S/C21H17BrFN3O2S/c1-26-19-18(15(10-17(27)24-19)14-4-2-3-5-16(14)22)20(28)25-21(26)29-11-12-6-8-13(23)9-7-12/h2-9,15H,10-11H2,1H3,(H,24,27). The van der Waals surface area contributed by atoms with Crippen molar-refractivity contribution in [3.63, 3.8) is 0 Å². The average molecular weight is 474 g/mol. The number of nitrogens with one attached hydrogen (secondary N) is 1. The van der Waals surface area contributed by atoms with E-state index in [-0.39, 0.29) is 29.6 Å². The minimum absolute atomic E-state index is 0.145. The molecule has 0 aliphatic carbocycles. The third kappa shape index (κ3) is 4.00. The lowest BCUT2D eigenvalue weighted by Gasteiger charge is -2.28. The van der Waals surface area contributed by atoms with Gasteiger partial charge in [-0.2, -0.15) is 4.98 Å². The van der Waals surface area contributed by atoms with Gasteiger partial charge in [-0.05, 0) is 29.3 Å². The molecule has 8 heteroatoms. The van der Waals surface area contributed by atoms with E-state index in [0.29, 0.717) is 22.3 Å². The summed E-state index contributed by atoms with van der Waals surface area (Å²) < 4.78 is 15.7. The quantitative estimate of drug-likeness (QED) is 0.449. The summed E-state index contributed by atoms with van der Waals surface area (Å²) in [7, 11) is 1.78. The van der Waals surface area contributed by atoms with Crippen LogP contribution in [0.3, 0.4) is 0 Å². The van der Waals surface area contributed by atoms with Gasteiger partial charge in [0.2, 0.25) is 5.91 Å². The van der Waals surface area contributed by atoms with E-state index in [2.05, 4.69) is 26.2 Å².